The highest BCUT2D eigenvalue weighted by atomic mass is 16.3. The fraction of sp³-hybridized carbons (Fsp3) is 0. The van der Waals surface area contributed by atoms with E-state index in [0.29, 0.717) is 5.52 Å². The number of carbonyl (C=O) groups is 1. The molecule has 106 valence electrons. The third-order valence-electron chi connectivity index (χ3n) is 3.77. The van der Waals surface area contributed by atoms with Gasteiger partial charge in [-0.3, -0.25) is 14.3 Å². The number of rotatable bonds is 1. The standard InChI is InChI=1S/C18H12N2O2/c21-17-15(8-7-12-6-3-9-19-16(12)17)18(22)20-10-13-4-1-2-5-14(13)11-20/h1-11,21H. The number of carbonyl (C=O) groups excluding carboxylic acids is 1. The largest absolute Gasteiger partial charge is 0.505 e. The zero-order valence-electron chi connectivity index (χ0n) is 11.6. The van der Waals surface area contributed by atoms with Crippen LogP contribution in [-0.2, 0) is 0 Å². The molecule has 4 nitrogen and oxygen atoms in total. The minimum Gasteiger partial charge on any atom is -0.505 e. The summed E-state index contributed by atoms with van der Waals surface area (Å²) in [5, 5.41) is 13.1. The molecular weight excluding hydrogens is 276 g/mol. The van der Waals surface area contributed by atoms with Gasteiger partial charge in [0.1, 0.15) is 5.52 Å². The first-order valence-electron chi connectivity index (χ1n) is 6.92. The van der Waals surface area contributed by atoms with Crippen molar-refractivity contribution in [1.82, 2.24) is 9.55 Å². The second-order valence-electron chi connectivity index (χ2n) is 5.14. The smallest absolute Gasteiger partial charge is 0.265 e. The van der Waals surface area contributed by atoms with Gasteiger partial charge in [0.05, 0.1) is 5.56 Å². The predicted molar refractivity (Wildman–Crippen MR) is 85.1 cm³/mol. The summed E-state index contributed by atoms with van der Waals surface area (Å²) < 4.78 is 1.49. The van der Waals surface area contributed by atoms with Crippen molar-refractivity contribution in [2.24, 2.45) is 0 Å². The van der Waals surface area contributed by atoms with E-state index in [9.17, 15) is 9.90 Å². The van der Waals surface area contributed by atoms with Crippen molar-refractivity contribution in [2.75, 3.05) is 0 Å². The number of fused-ring (bicyclic) bond motifs is 2. The van der Waals surface area contributed by atoms with Crippen LogP contribution < -0.4 is 0 Å². The Morgan fingerprint density at radius 3 is 2.32 bits per heavy atom. The first kappa shape index (κ1) is 12.6. The Hall–Kier alpha value is -3.14. The highest BCUT2D eigenvalue weighted by Crippen LogP contribution is 2.28. The van der Waals surface area contributed by atoms with Crippen molar-refractivity contribution < 1.29 is 9.90 Å². The van der Waals surface area contributed by atoms with E-state index in [1.165, 1.54) is 4.57 Å². The highest BCUT2D eigenvalue weighted by Gasteiger charge is 2.16. The maximum absolute atomic E-state index is 12.7. The van der Waals surface area contributed by atoms with E-state index < -0.39 is 0 Å². The van der Waals surface area contributed by atoms with E-state index in [4.69, 9.17) is 0 Å². The van der Waals surface area contributed by atoms with E-state index >= 15 is 0 Å². The predicted octanol–water partition coefficient (Wildman–Crippen LogP) is 3.58. The second-order valence-corrected chi connectivity index (χ2v) is 5.14. The summed E-state index contributed by atoms with van der Waals surface area (Å²) >= 11 is 0. The molecule has 4 heteroatoms. The average Bonchev–Trinajstić information content (AvgIpc) is 2.99. The van der Waals surface area contributed by atoms with Crippen molar-refractivity contribution in [3.05, 3.63) is 72.7 Å². The Kier molecular flexibility index (Phi) is 2.69. The van der Waals surface area contributed by atoms with Crippen LogP contribution in [0.5, 0.6) is 5.75 Å². The van der Waals surface area contributed by atoms with Crippen molar-refractivity contribution in [3.8, 4) is 5.75 Å². The van der Waals surface area contributed by atoms with Crippen LogP contribution in [0, 0.1) is 0 Å². The van der Waals surface area contributed by atoms with Crippen LogP contribution in [-0.4, -0.2) is 20.6 Å². The van der Waals surface area contributed by atoms with E-state index in [1.807, 2.05) is 30.3 Å². The molecule has 2 aromatic carbocycles. The summed E-state index contributed by atoms with van der Waals surface area (Å²) in [5.41, 5.74) is 0.677. The summed E-state index contributed by atoms with van der Waals surface area (Å²) in [6.45, 7) is 0. The number of hydrogen-bond donors (Lipinski definition) is 1. The lowest BCUT2D eigenvalue weighted by Crippen LogP contribution is -2.10. The van der Waals surface area contributed by atoms with Gasteiger partial charge in [-0.1, -0.05) is 36.4 Å². The number of aromatic hydroxyl groups is 1. The van der Waals surface area contributed by atoms with Crippen LogP contribution in [0.2, 0.25) is 0 Å². The fourth-order valence-electron chi connectivity index (χ4n) is 2.64. The molecule has 2 heterocycles. The van der Waals surface area contributed by atoms with Gasteiger partial charge in [0, 0.05) is 24.0 Å². The number of nitrogens with zero attached hydrogens (tertiary/aromatic N) is 2. The molecule has 0 amide bonds. The number of phenols is 1. The molecule has 0 saturated carbocycles. The lowest BCUT2D eigenvalue weighted by Gasteiger charge is -2.07. The first-order chi connectivity index (χ1) is 10.7. The van der Waals surface area contributed by atoms with Gasteiger partial charge in [0.15, 0.2) is 5.75 Å². The number of benzene rings is 2. The molecule has 0 radical (unpaired) electrons. The molecule has 0 aliphatic carbocycles. The Labute approximate surface area is 126 Å². The van der Waals surface area contributed by atoms with E-state index in [-0.39, 0.29) is 17.2 Å². The third kappa shape index (κ3) is 1.85. The molecule has 0 unspecified atom stereocenters. The van der Waals surface area contributed by atoms with Crippen molar-refractivity contribution in [2.45, 2.75) is 0 Å². The van der Waals surface area contributed by atoms with Gasteiger partial charge in [-0.2, -0.15) is 0 Å². The van der Waals surface area contributed by atoms with Crippen LogP contribution in [0.15, 0.2) is 67.1 Å². The lowest BCUT2D eigenvalue weighted by molar-refractivity contribution is 0.0958. The van der Waals surface area contributed by atoms with Crippen LogP contribution in [0.3, 0.4) is 0 Å². The van der Waals surface area contributed by atoms with Crippen LogP contribution >= 0.6 is 0 Å². The molecule has 0 bridgehead atoms. The van der Waals surface area contributed by atoms with Crippen molar-refractivity contribution >= 4 is 27.6 Å². The fourth-order valence-corrected chi connectivity index (χ4v) is 2.64. The minimum absolute atomic E-state index is 0.0825. The van der Waals surface area contributed by atoms with Gasteiger partial charge in [0.25, 0.3) is 5.91 Å². The number of hydrogen-bond acceptors (Lipinski definition) is 3. The maximum atomic E-state index is 12.7. The summed E-state index contributed by atoms with van der Waals surface area (Å²) in [6.07, 6.45) is 5.12. The molecule has 0 spiro atoms. The quantitative estimate of drug-likeness (QED) is 0.582. The Morgan fingerprint density at radius 1 is 0.909 bits per heavy atom. The molecule has 0 aliphatic rings. The maximum Gasteiger partial charge on any atom is 0.265 e. The van der Waals surface area contributed by atoms with E-state index in [1.54, 1.807) is 36.8 Å². The number of aromatic nitrogens is 2. The molecule has 0 aliphatic heterocycles. The molecular formula is C18H12N2O2. The van der Waals surface area contributed by atoms with E-state index in [2.05, 4.69) is 4.98 Å². The zero-order chi connectivity index (χ0) is 15.1. The average molecular weight is 288 g/mol. The molecule has 22 heavy (non-hydrogen) atoms. The van der Waals surface area contributed by atoms with Crippen molar-refractivity contribution in [3.63, 3.8) is 0 Å². The van der Waals surface area contributed by atoms with Crippen LogP contribution in [0.25, 0.3) is 21.7 Å². The number of pyridine rings is 1. The van der Waals surface area contributed by atoms with Gasteiger partial charge < -0.3 is 5.11 Å². The number of phenolic OH excluding ortho intramolecular Hbond substituents is 1. The molecule has 1 N–H and O–H groups in total. The summed E-state index contributed by atoms with van der Waals surface area (Å²) in [7, 11) is 0. The van der Waals surface area contributed by atoms with E-state index in [0.717, 1.165) is 16.2 Å². The van der Waals surface area contributed by atoms with Crippen LogP contribution in [0.1, 0.15) is 10.4 Å². The van der Waals surface area contributed by atoms with Gasteiger partial charge >= 0.3 is 0 Å². The Morgan fingerprint density at radius 2 is 1.59 bits per heavy atom. The molecule has 4 rings (SSSR count). The normalized spacial score (nSPS) is 11.1. The minimum atomic E-state index is -0.277. The van der Waals surface area contributed by atoms with Gasteiger partial charge in [0.2, 0.25) is 0 Å². The molecule has 0 atom stereocenters. The zero-order valence-corrected chi connectivity index (χ0v) is 11.6. The molecule has 0 saturated heterocycles. The van der Waals surface area contributed by atoms with Gasteiger partial charge in [-0.05, 0) is 22.9 Å². The molecule has 2 aromatic heterocycles. The lowest BCUT2D eigenvalue weighted by atomic mass is 10.1. The Balaban J connectivity index is 1.87. The van der Waals surface area contributed by atoms with Gasteiger partial charge in [-0.25, -0.2) is 0 Å². The first-order valence-corrected chi connectivity index (χ1v) is 6.92. The third-order valence-corrected chi connectivity index (χ3v) is 3.77. The monoisotopic (exact) mass is 288 g/mol. The SMILES string of the molecule is O=C(c1ccc2cccnc2c1O)n1cc2ccccc2c1. The topological polar surface area (TPSA) is 55.1 Å². The van der Waals surface area contributed by atoms with Crippen LogP contribution in [0.4, 0.5) is 0 Å². The highest BCUT2D eigenvalue weighted by molar-refractivity contribution is 6.05. The summed E-state index contributed by atoms with van der Waals surface area (Å²) in [4.78, 5) is 16.8. The molecule has 4 aromatic rings. The summed E-state index contributed by atoms with van der Waals surface area (Å²) in [6, 6.07) is 14.8. The van der Waals surface area contributed by atoms with Gasteiger partial charge in [-0.15, -0.1) is 0 Å². The van der Waals surface area contributed by atoms with Crippen molar-refractivity contribution in [1.29, 1.82) is 0 Å². The summed E-state index contributed by atoms with van der Waals surface area (Å²) in [5.74, 6) is -0.359. The molecule has 0 fully saturated rings. The Bertz CT molecular complexity index is 985. The second kappa shape index (κ2) is 4.70.